The summed E-state index contributed by atoms with van der Waals surface area (Å²) in [4.78, 5) is 11.7. The van der Waals surface area contributed by atoms with Crippen LogP contribution in [0.3, 0.4) is 0 Å². The number of aromatic nitrogens is 1. The van der Waals surface area contributed by atoms with Crippen molar-refractivity contribution in [3.8, 4) is 0 Å². The molecule has 0 aliphatic carbocycles. The third-order valence-corrected chi connectivity index (χ3v) is 5.53. The second-order valence-electron chi connectivity index (χ2n) is 5.92. The van der Waals surface area contributed by atoms with Gasteiger partial charge < -0.3 is 4.57 Å². The van der Waals surface area contributed by atoms with E-state index < -0.39 is 10.2 Å². The molecule has 2 aromatic rings. The van der Waals surface area contributed by atoms with Gasteiger partial charge in [-0.1, -0.05) is 30.3 Å². The van der Waals surface area contributed by atoms with E-state index in [4.69, 9.17) is 0 Å². The van der Waals surface area contributed by atoms with Crippen molar-refractivity contribution in [1.29, 1.82) is 0 Å². The Morgan fingerprint density at radius 3 is 2.29 bits per heavy atom. The van der Waals surface area contributed by atoms with Gasteiger partial charge in [0.05, 0.1) is 6.54 Å². The fraction of sp³-hybridized carbons (Fsp3) is 0.353. The van der Waals surface area contributed by atoms with Gasteiger partial charge in [-0.3, -0.25) is 4.79 Å². The molecular weight excluding hydrogens is 326 g/mol. The molecule has 0 saturated carbocycles. The molecule has 6 nitrogen and oxygen atoms in total. The van der Waals surface area contributed by atoms with E-state index in [0.29, 0.717) is 6.54 Å². The maximum Gasteiger partial charge on any atom is 0.279 e. The van der Waals surface area contributed by atoms with Crippen LogP contribution in [0.5, 0.6) is 0 Å². The fourth-order valence-corrected chi connectivity index (χ4v) is 3.21. The van der Waals surface area contributed by atoms with Crippen molar-refractivity contribution in [3.05, 3.63) is 70.1 Å². The zero-order valence-corrected chi connectivity index (χ0v) is 15.0. The zero-order chi connectivity index (χ0) is 17.7. The minimum Gasteiger partial charge on any atom is -0.311 e. The van der Waals surface area contributed by atoms with Gasteiger partial charge in [0.15, 0.2) is 0 Å². The summed E-state index contributed by atoms with van der Waals surface area (Å²) in [7, 11) is -1.93. The molecule has 24 heavy (non-hydrogen) atoms. The Balaban J connectivity index is 2.00. The summed E-state index contributed by atoms with van der Waals surface area (Å²) in [5, 5.41) is 0. The van der Waals surface area contributed by atoms with Crippen LogP contribution in [0.4, 0.5) is 0 Å². The van der Waals surface area contributed by atoms with E-state index in [0.717, 1.165) is 11.1 Å². The van der Waals surface area contributed by atoms with E-state index in [2.05, 4.69) is 4.72 Å². The van der Waals surface area contributed by atoms with Gasteiger partial charge in [0, 0.05) is 31.9 Å². The molecule has 0 amide bonds. The van der Waals surface area contributed by atoms with Crippen LogP contribution in [0.15, 0.2) is 53.5 Å². The number of hydrogen-bond donors (Lipinski definition) is 1. The molecule has 0 fully saturated rings. The first-order valence-corrected chi connectivity index (χ1v) is 9.19. The van der Waals surface area contributed by atoms with Gasteiger partial charge in [-0.2, -0.15) is 17.4 Å². The van der Waals surface area contributed by atoms with Crippen molar-refractivity contribution in [3.63, 3.8) is 0 Å². The largest absolute Gasteiger partial charge is 0.311 e. The summed E-state index contributed by atoms with van der Waals surface area (Å²) in [5.74, 6) is 0. The molecule has 0 aliphatic heterocycles. The molecule has 0 unspecified atom stereocenters. The number of benzene rings is 1. The Hall–Kier alpha value is -1.96. The van der Waals surface area contributed by atoms with Crippen LogP contribution in [0.25, 0.3) is 0 Å². The highest BCUT2D eigenvalue weighted by molar-refractivity contribution is 7.87. The smallest absolute Gasteiger partial charge is 0.279 e. The molecule has 130 valence electrons. The first kappa shape index (κ1) is 18.4. The Labute approximate surface area is 142 Å². The van der Waals surface area contributed by atoms with E-state index in [-0.39, 0.29) is 18.1 Å². The number of rotatable bonds is 7. The van der Waals surface area contributed by atoms with Gasteiger partial charge in [0.2, 0.25) is 0 Å². The van der Waals surface area contributed by atoms with Gasteiger partial charge in [0.1, 0.15) is 0 Å². The van der Waals surface area contributed by atoms with Crippen molar-refractivity contribution >= 4 is 10.2 Å². The average molecular weight is 349 g/mol. The van der Waals surface area contributed by atoms with E-state index in [1.807, 2.05) is 44.2 Å². The molecule has 0 bridgehead atoms. The van der Waals surface area contributed by atoms with E-state index in [9.17, 15) is 13.2 Å². The van der Waals surface area contributed by atoms with Crippen molar-refractivity contribution in [2.75, 3.05) is 7.05 Å². The maximum atomic E-state index is 12.1. The highest BCUT2D eigenvalue weighted by atomic mass is 32.2. The minimum absolute atomic E-state index is 0.0499. The van der Waals surface area contributed by atoms with Crippen molar-refractivity contribution < 1.29 is 8.42 Å². The Bertz CT molecular complexity index is 827. The lowest BCUT2D eigenvalue weighted by atomic mass is 10.1. The topological polar surface area (TPSA) is 71.4 Å². The van der Waals surface area contributed by atoms with Crippen LogP contribution >= 0.6 is 0 Å². The third kappa shape index (κ3) is 4.77. The third-order valence-electron chi connectivity index (χ3n) is 3.84. The second-order valence-corrected chi connectivity index (χ2v) is 7.73. The first-order chi connectivity index (χ1) is 11.3. The molecule has 1 heterocycles. The van der Waals surface area contributed by atoms with E-state index >= 15 is 0 Å². The summed E-state index contributed by atoms with van der Waals surface area (Å²) in [6.07, 6.45) is 1.74. The SMILES string of the molecule is CC(C)N(C)S(=O)(=O)NCc1ccc(Cn2ccccc2=O)cc1. The normalized spacial score (nSPS) is 12.0. The van der Waals surface area contributed by atoms with Crippen LogP contribution in [-0.2, 0) is 23.3 Å². The van der Waals surface area contributed by atoms with Crippen LogP contribution in [0, 0.1) is 0 Å². The van der Waals surface area contributed by atoms with Gasteiger partial charge in [0.25, 0.3) is 15.8 Å². The fourth-order valence-electron chi connectivity index (χ4n) is 2.10. The van der Waals surface area contributed by atoms with E-state index in [1.54, 1.807) is 23.9 Å². The number of nitrogens with one attached hydrogen (secondary N) is 1. The lowest BCUT2D eigenvalue weighted by Gasteiger charge is -2.21. The number of nitrogens with zero attached hydrogens (tertiary/aromatic N) is 2. The monoisotopic (exact) mass is 349 g/mol. The van der Waals surface area contributed by atoms with Crippen LogP contribution in [0.2, 0.25) is 0 Å². The molecule has 7 heteroatoms. The standard InChI is InChI=1S/C17H23N3O3S/c1-14(2)19(3)24(22,23)18-12-15-7-9-16(10-8-15)13-20-11-5-4-6-17(20)21/h4-11,14,18H,12-13H2,1-3H3. The molecule has 1 aromatic heterocycles. The van der Waals surface area contributed by atoms with Gasteiger partial charge in [-0.05, 0) is 31.0 Å². The lowest BCUT2D eigenvalue weighted by Crippen LogP contribution is -2.41. The van der Waals surface area contributed by atoms with Gasteiger partial charge >= 0.3 is 0 Å². The summed E-state index contributed by atoms with van der Waals surface area (Å²) >= 11 is 0. The quantitative estimate of drug-likeness (QED) is 0.825. The predicted molar refractivity (Wildman–Crippen MR) is 94.9 cm³/mol. The Morgan fingerprint density at radius 1 is 1.08 bits per heavy atom. The molecule has 0 atom stereocenters. The molecule has 2 rings (SSSR count). The van der Waals surface area contributed by atoms with Gasteiger partial charge in [-0.25, -0.2) is 0 Å². The predicted octanol–water partition coefficient (Wildman–Crippen LogP) is 1.57. The van der Waals surface area contributed by atoms with Crippen LogP contribution in [0.1, 0.15) is 25.0 Å². The van der Waals surface area contributed by atoms with E-state index in [1.165, 1.54) is 10.4 Å². The summed E-state index contributed by atoms with van der Waals surface area (Å²) in [6.45, 7) is 4.35. The summed E-state index contributed by atoms with van der Waals surface area (Å²) in [6, 6.07) is 12.5. The molecule has 0 aliphatic rings. The molecule has 0 saturated heterocycles. The van der Waals surface area contributed by atoms with Crippen molar-refractivity contribution in [1.82, 2.24) is 13.6 Å². The van der Waals surface area contributed by atoms with Crippen LogP contribution in [-0.4, -0.2) is 30.4 Å². The average Bonchev–Trinajstić information content (AvgIpc) is 2.55. The zero-order valence-electron chi connectivity index (χ0n) is 14.1. The first-order valence-electron chi connectivity index (χ1n) is 7.75. The van der Waals surface area contributed by atoms with Crippen LogP contribution < -0.4 is 10.3 Å². The highest BCUT2D eigenvalue weighted by Crippen LogP contribution is 2.07. The minimum atomic E-state index is -3.48. The molecule has 0 radical (unpaired) electrons. The van der Waals surface area contributed by atoms with Gasteiger partial charge in [-0.15, -0.1) is 0 Å². The summed E-state index contributed by atoms with van der Waals surface area (Å²) < 4.78 is 29.6. The lowest BCUT2D eigenvalue weighted by molar-refractivity contribution is 0.402. The Kier molecular flexibility index (Phi) is 5.93. The number of pyridine rings is 1. The second kappa shape index (κ2) is 7.74. The Morgan fingerprint density at radius 2 is 1.71 bits per heavy atom. The molecule has 1 N–H and O–H groups in total. The summed E-state index contributed by atoms with van der Waals surface area (Å²) in [5.41, 5.74) is 1.79. The molecular formula is C17H23N3O3S. The number of hydrogen-bond acceptors (Lipinski definition) is 3. The highest BCUT2D eigenvalue weighted by Gasteiger charge is 2.19. The van der Waals surface area contributed by atoms with Crippen molar-refractivity contribution in [2.24, 2.45) is 0 Å². The maximum absolute atomic E-state index is 12.1. The molecule has 1 aromatic carbocycles. The van der Waals surface area contributed by atoms with Crippen molar-refractivity contribution in [2.45, 2.75) is 33.0 Å². The molecule has 0 spiro atoms.